The van der Waals surface area contributed by atoms with Gasteiger partial charge in [-0.25, -0.2) is 15.0 Å². The van der Waals surface area contributed by atoms with Gasteiger partial charge in [0.1, 0.15) is 0 Å². The van der Waals surface area contributed by atoms with Crippen molar-refractivity contribution in [2.45, 2.75) is 19.3 Å². The van der Waals surface area contributed by atoms with Crippen molar-refractivity contribution in [2.75, 3.05) is 0 Å². The Hall–Kier alpha value is -6.77. The molecular weight excluding hydrogens is 623 g/mol. The first kappa shape index (κ1) is 30.3. The third kappa shape index (κ3) is 5.26. The lowest BCUT2D eigenvalue weighted by Crippen LogP contribution is -2.15. The Labute approximate surface area is 296 Å². The summed E-state index contributed by atoms with van der Waals surface area (Å²) >= 11 is 0. The molecule has 0 spiro atoms. The van der Waals surface area contributed by atoms with Gasteiger partial charge >= 0.3 is 0 Å². The summed E-state index contributed by atoms with van der Waals surface area (Å²) in [6.45, 7) is 4.49. The predicted molar refractivity (Wildman–Crippen MR) is 205 cm³/mol. The van der Waals surface area contributed by atoms with Crippen molar-refractivity contribution >= 4 is 10.8 Å². The first-order chi connectivity index (χ1) is 25.0. The van der Waals surface area contributed by atoms with Gasteiger partial charge in [-0.05, 0) is 92.4 Å². The van der Waals surface area contributed by atoms with Crippen molar-refractivity contribution in [1.29, 1.82) is 5.26 Å². The number of fused-ring (bicyclic) bond motifs is 4. The van der Waals surface area contributed by atoms with Gasteiger partial charge in [-0.2, -0.15) is 5.26 Å². The van der Waals surface area contributed by atoms with E-state index in [1.807, 2.05) is 91.3 Å². The Kier molecular flexibility index (Phi) is 7.12. The highest BCUT2D eigenvalue weighted by Gasteiger charge is 2.36. The van der Waals surface area contributed by atoms with Crippen LogP contribution in [0, 0.1) is 11.3 Å². The zero-order valence-electron chi connectivity index (χ0n) is 28.2. The molecular formula is C46H31N5. The molecule has 0 atom stereocenters. The summed E-state index contributed by atoms with van der Waals surface area (Å²) in [6, 6.07) is 50.3. The van der Waals surface area contributed by atoms with E-state index < -0.39 is 0 Å². The lowest BCUT2D eigenvalue weighted by Gasteiger charge is -2.22. The van der Waals surface area contributed by atoms with Crippen LogP contribution in [-0.2, 0) is 5.41 Å². The molecule has 0 saturated heterocycles. The Morgan fingerprint density at radius 1 is 0.490 bits per heavy atom. The summed E-state index contributed by atoms with van der Waals surface area (Å²) in [4.78, 5) is 19.6. The van der Waals surface area contributed by atoms with Crippen LogP contribution in [0.2, 0.25) is 0 Å². The van der Waals surface area contributed by atoms with Crippen LogP contribution in [0.3, 0.4) is 0 Å². The fourth-order valence-corrected chi connectivity index (χ4v) is 7.37. The first-order valence-electron chi connectivity index (χ1n) is 17.0. The third-order valence-corrected chi connectivity index (χ3v) is 10.0. The van der Waals surface area contributed by atoms with E-state index >= 15 is 0 Å². The van der Waals surface area contributed by atoms with Gasteiger partial charge in [0.15, 0.2) is 17.5 Å². The number of benzene rings is 6. The number of hydrogen-bond acceptors (Lipinski definition) is 5. The van der Waals surface area contributed by atoms with Gasteiger partial charge in [0.05, 0.1) is 11.6 Å². The third-order valence-electron chi connectivity index (χ3n) is 10.0. The highest BCUT2D eigenvalue weighted by molar-refractivity contribution is 5.98. The van der Waals surface area contributed by atoms with Crippen molar-refractivity contribution in [3.8, 4) is 73.6 Å². The zero-order valence-corrected chi connectivity index (χ0v) is 28.2. The first-order valence-corrected chi connectivity index (χ1v) is 17.0. The maximum atomic E-state index is 9.65. The lowest BCUT2D eigenvalue weighted by atomic mass is 9.81. The molecule has 0 saturated carbocycles. The standard InChI is InChI=1S/C46H31N5/c1-46(2)41-22-29(27-47)16-18-38(41)39-19-17-33(26-42(39)46)34-23-35(37-15-9-14-30-20-21-48-28-40(30)37)25-36(24-34)45-50-43(31-10-5-3-6-11-31)49-44(51-45)32-12-7-4-8-13-32/h3-26,28H,1-2H3. The van der Waals surface area contributed by atoms with Gasteiger partial charge < -0.3 is 0 Å². The SMILES string of the molecule is CC1(C)c2cc(C#N)ccc2-c2ccc(-c3cc(-c4nc(-c5ccccc5)nc(-c5ccccc5)n4)cc(-c4cccc5ccncc45)c3)cc21. The van der Waals surface area contributed by atoms with Gasteiger partial charge in [-0.15, -0.1) is 0 Å². The summed E-state index contributed by atoms with van der Waals surface area (Å²) < 4.78 is 0. The Morgan fingerprint density at radius 3 is 1.78 bits per heavy atom. The molecule has 0 unspecified atom stereocenters. The van der Waals surface area contributed by atoms with Crippen LogP contribution in [0.4, 0.5) is 0 Å². The molecule has 0 N–H and O–H groups in total. The normalized spacial score (nSPS) is 12.6. The minimum absolute atomic E-state index is 0.265. The molecule has 0 aliphatic heterocycles. The molecule has 0 amide bonds. The molecule has 240 valence electrons. The van der Waals surface area contributed by atoms with E-state index in [2.05, 4.69) is 85.6 Å². The molecule has 5 nitrogen and oxygen atoms in total. The number of hydrogen-bond donors (Lipinski definition) is 0. The fraction of sp³-hybridized carbons (Fsp3) is 0.0652. The van der Waals surface area contributed by atoms with E-state index in [1.165, 1.54) is 22.3 Å². The summed E-state index contributed by atoms with van der Waals surface area (Å²) in [6.07, 6.45) is 3.77. The van der Waals surface area contributed by atoms with Crippen LogP contribution < -0.4 is 0 Å². The van der Waals surface area contributed by atoms with E-state index in [0.29, 0.717) is 23.0 Å². The Balaban J connectivity index is 1.27. The average molecular weight is 654 g/mol. The lowest BCUT2D eigenvalue weighted by molar-refractivity contribution is 0.660. The summed E-state index contributed by atoms with van der Waals surface area (Å²) in [5.74, 6) is 1.84. The molecule has 9 rings (SSSR count). The summed E-state index contributed by atoms with van der Waals surface area (Å²) in [5, 5.41) is 11.9. The zero-order chi connectivity index (χ0) is 34.5. The molecule has 5 heteroatoms. The van der Waals surface area contributed by atoms with E-state index in [4.69, 9.17) is 15.0 Å². The predicted octanol–water partition coefficient (Wildman–Crippen LogP) is 10.9. The van der Waals surface area contributed by atoms with Gasteiger partial charge in [0, 0.05) is 39.9 Å². The summed E-state index contributed by atoms with van der Waals surface area (Å²) in [7, 11) is 0. The molecule has 2 heterocycles. The molecule has 1 aliphatic carbocycles. The number of nitrogens with zero attached hydrogens (tertiary/aromatic N) is 5. The minimum Gasteiger partial charge on any atom is -0.264 e. The second-order valence-electron chi connectivity index (χ2n) is 13.5. The molecule has 0 radical (unpaired) electrons. The van der Waals surface area contributed by atoms with Gasteiger partial charge in [-0.1, -0.05) is 111 Å². The quantitative estimate of drug-likeness (QED) is 0.185. The number of aromatic nitrogens is 4. The maximum absolute atomic E-state index is 9.65. The van der Waals surface area contributed by atoms with E-state index in [0.717, 1.165) is 49.7 Å². The Bertz CT molecular complexity index is 2610. The highest BCUT2D eigenvalue weighted by Crippen LogP contribution is 2.50. The molecule has 1 aliphatic rings. The van der Waals surface area contributed by atoms with Crippen LogP contribution in [0.15, 0.2) is 152 Å². The average Bonchev–Trinajstić information content (AvgIpc) is 3.42. The van der Waals surface area contributed by atoms with Gasteiger partial charge in [0.2, 0.25) is 0 Å². The van der Waals surface area contributed by atoms with Crippen molar-refractivity contribution < 1.29 is 0 Å². The van der Waals surface area contributed by atoms with Crippen molar-refractivity contribution in [3.05, 3.63) is 169 Å². The van der Waals surface area contributed by atoms with Crippen molar-refractivity contribution in [3.63, 3.8) is 0 Å². The van der Waals surface area contributed by atoms with Crippen LogP contribution in [0.5, 0.6) is 0 Å². The molecule has 2 aromatic heterocycles. The van der Waals surface area contributed by atoms with Crippen molar-refractivity contribution in [2.24, 2.45) is 0 Å². The smallest absolute Gasteiger partial charge is 0.164 e. The molecule has 51 heavy (non-hydrogen) atoms. The van der Waals surface area contributed by atoms with E-state index in [-0.39, 0.29) is 5.41 Å². The van der Waals surface area contributed by atoms with Crippen molar-refractivity contribution in [1.82, 2.24) is 19.9 Å². The number of nitriles is 1. The monoisotopic (exact) mass is 653 g/mol. The minimum atomic E-state index is -0.265. The molecule has 0 bridgehead atoms. The number of pyridine rings is 1. The fourth-order valence-electron chi connectivity index (χ4n) is 7.37. The summed E-state index contributed by atoms with van der Waals surface area (Å²) in [5.41, 5.74) is 12.2. The van der Waals surface area contributed by atoms with Crippen LogP contribution in [-0.4, -0.2) is 19.9 Å². The van der Waals surface area contributed by atoms with E-state index in [1.54, 1.807) is 0 Å². The molecule has 0 fully saturated rings. The van der Waals surface area contributed by atoms with Crippen LogP contribution >= 0.6 is 0 Å². The number of rotatable bonds is 5. The largest absolute Gasteiger partial charge is 0.264 e. The second-order valence-corrected chi connectivity index (χ2v) is 13.5. The molecule has 8 aromatic rings. The van der Waals surface area contributed by atoms with E-state index in [9.17, 15) is 5.26 Å². The topological polar surface area (TPSA) is 75.3 Å². The highest BCUT2D eigenvalue weighted by atomic mass is 15.0. The maximum Gasteiger partial charge on any atom is 0.164 e. The van der Waals surface area contributed by atoms with Crippen LogP contribution in [0.25, 0.3) is 78.3 Å². The van der Waals surface area contributed by atoms with Gasteiger partial charge in [-0.3, -0.25) is 4.98 Å². The second kappa shape index (κ2) is 12.0. The molecule has 6 aromatic carbocycles. The van der Waals surface area contributed by atoms with Gasteiger partial charge in [0.25, 0.3) is 0 Å². The van der Waals surface area contributed by atoms with Crippen LogP contribution in [0.1, 0.15) is 30.5 Å². The Morgan fingerprint density at radius 2 is 1.10 bits per heavy atom.